The van der Waals surface area contributed by atoms with E-state index in [1.165, 1.54) is 12.1 Å². The lowest BCUT2D eigenvalue weighted by Crippen LogP contribution is -2.13. The minimum absolute atomic E-state index is 0.214. The van der Waals surface area contributed by atoms with Gasteiger partial charge in [0, 0.05) is 18.4 Å². The Hall–Kier alpha value is -2.99. The molecule has 3 aromatic rings. The lowest BCUT2D eigenvalue weighted by atomic mass is 10.1. The summed E-state index contributed by atoms with van der Waals surface area (Å²) in [5.74, 6) is 0.647. The predicted octanol–water partition coefficient (Wildman–Crippen LogP) is 3.50. The first-order chi connectivity index (χ1) is 11.7. The second-order valence-corrected chi connectivity index (χ2v) is 5.21. The number of aliphatic hydroxyl groups excluding tert-OH is 1. The molecule has 0 radical (unpaired) electrons. The number of anilines is 3. The van der Waals surface area contributed by atoms with Crippen molar-refractivity contribution >= 4 is 17.5 Å². The predicted molar refractivity (Wildman–Crippen MR) is 91.6 cm³/mol. The number of hydrogen-bond donors (Lipinski definition) is 3. The van der Waals surface area contributed by atoms with Gasteiger partial charge in [0.15, 0.2) is 0 Å². The van der Waals surface area contributed by atoms with E-state index < -0.39 is 6.10 Å². The Morgan fingerprint density at radius 2 is 1.88 bits per heavy atom. The molecule has 0 aliphatic rings. The summed E-state index contributed by atoms with van der Waals surface area (Å²) in [5, 5.41) is 16.2. The van der Waals surface area contributed by atoms with Gasteiger partial charge in [-0.25, -0.2) is 9.37 Å². The SMILES string of the molecule is OC(CNc1ccnc(Nc2ccccc2)n1)c1cccc(F)c1. The first kappa shape index (κ1) is 15.9. The van der Waals surface area contributed by atoms with Gasteiger partial charge in [0.05, 0.1) is 6.10 Å². The van der Waals surface area contributed by atoms with Crippen molar-refractivity contribution in [2.75, 3.05) is 17.2 Å². The topological polar surface area (TPSA) is 70.1 Å². The van der Waals surface area contributed by atoms with Gasteiger partial charge in [0.1, 0.15) is 11.6 Å². The molecule has 1 atom stereocenters. The molecule has 0 aliphatic carbocycles. The van der Waals surface area contributed by atoms with Crippen LogP contribution in [0.25, 0.3) is 0 Å². The lowest BCUT2D eigenvalue weighted by Gasteiger charge is -2.13. The van der Waals surface area contributed by atoms with E-state index in [4.69, 9.17) is 0 Å². The highest BCUT2D eigenvalue weighted by Crippen LogP contribution is 2.16. The third-order valence-electron chi connectivity index (χ3n) is 3.40. The van der Waals surface area contributed by atoms with Crippen LogP contribution in [0.3, 0.4) is 0 Å². The maximum Gasteiger partial charge on any atom is 0.229 e. The van der Waals surface area contributed by atoms with Gasteiger partial charge in [-0.1, -0.05) is 30.3 Å². The Kier molecular flexibility index (Phi) is 4.98. The molecule has 1 heterocycles. The van der Waals surface area contributed by atoms with E-state index in [1.54, 1.807) is 24.4 Å². The molecule has 3 N–H and O–H groups in total. The zero-order valence-corrected chi connectivity index (χ0v) is 12.9. The van der Waals surface area contributed by atoms with Gasteiger partial charge < -0.3 is 15.7 Å². The van der Waals surface area contributed by atoms with E-state index in [1.807, 2.05) is 30.3 Å². The Morgan fingerprint density at radius 1 is 1.04 bits per heavy atom. The average Bonchev–Trinajstić information content (AvgIpc) is 2.61. The Labute approximate surface area is 139 Å². The van der Waals surface area contributed by atoms with E-state index >= 15 is 0 Å². The number of rotatable bonds is 6. The van der Waals surface area contributed by atoms with Gasteiger partial charge >= 0.3 is 0 Å². The zero-order valence-electron chi connectivity index (χ0n) is 12.9. The van der Waals surface area contributed by atoms with Crippen LogP contribution in [-0.4, -0.2) is 21.6 Å². The second kappa shape index (κ2) is 7.52. The van der Waals surface area contributed by atoms with Gasteiger partial charge in [-0.05, 0) is 35.9 Å². The van der Waals surface area contributed by atoms with Crippen molar-refractivity contribution in [3.8, 4) is 0 Å². The molecule has 0 bridgehead atoms. The number of benzene rings is 2. The van der Waals surface area contributed by atoms with Crippen molar-refractivity contribution in [2.45, 2.75) is 6.10 Å². The number of aromatic nitrogens is 2. The first-order valence-corrected chi connectivity index (χ1v) is 7.53. The van der Waals surface area contributed by atoms with E-state index in [0.29, 0.717) is 17.3 Å². The summed E-state index contributed by atoms with van der Waals surface area (Å²) in [6.45, 7) is 0.214. The minimum Gasteiger partial charge on any atom is -0.387 e. The molecule has 0 amide bonds. The fourth-order valence-electron chi connectivity index (χ4n) is 2.20. The molecule has 0 spiro atoms. The molecule has 0 saturated heterocycles. The van der Waals surface area contributed by atoms with Crippen LogP contribution in [0.15, 0.2) is 66.9 Å². The van der Waals surface area contributed by atoms with Crippen molar-refractivity contribution < 1.29 is 9.50 Å². The van der Waals surface area contributed by atoms with Crippen LogP contribution in [-0.2, 0) is 0 Å². The van der Waals surface area contributed by atoms with Crippen LogP contribution in [0.5, 0.6) is 0 Å². The number of hydrogen-bond acceptors (Lipinski definition) is 5. The van der Waals surface area contributed by atoms with Crippen LogP contribution in [0.2, 0.25) is 0 Å². The molecule has 6 heteroatoms. The highest BCUT2D eigenvalue weighted by atomic mass is 19.1. The van der Waals surface area contributed by atoms with Crippen LogP contribution < -0.4 is 10.6 Å². The van der Waals surface area contributed by atoms with E-state index in [2.05, 4.69) is 20.6 Å². The highest BCUT2D eigenvalue weighted by Gasteiger charge is 2.09. The van der Waals surface area contributed by atoms with Crippen LogP contribution in [0.4, 0.5) is 21.8 Å². The molecule has 1 unspecified atom stereocenters. The smallest absolute Gasteiger partial charge is 0.229 e. The van der Waals surface area contributed by atoms with E-state index in [-0.39, 0.29) is 12.4 Å². The molecule has 2 aromatic carbocycles. The number of halogens is 1. The maximum atomic E-state index is 13.2. The lowest BCUT2D eigenvalue weighted by molar-refractivity contribution is 0.191. The Balaban J connectivity index is 1.62. The minimum atomic E-state index is -0.832. The van der Waals surface area contributed by atoms with E-state index in [0.717, 1.165) is 5.69 Å². The standard InChI is InChI=1S/C18H17FN4O/c19-14-6-4-5-13(11-14)16(24)12-21-17-9-10-20-18(23-17)22-15-7-2-1-3-8-15/h1-11,16,24H,12H2,(H2,20,21,22,23). The summed E-state index contributed by atoms with van der Waals surface area (Å²) in [6, 6.07) is 17.2. The molecule has 24 heavy (non-hydrogen) atoms. The van der Waals surface area contributed by atoms with Gasteiger partial charge in [-0.2, -0.15) is 4.98 Å². The number of nitrogens with one attached hydrogen (secondary N) is 2. The molecule has 0 aliphatic heterocycles. The van der Waals surface area contributed by atoms with Crippen LogP contribution >= 0.6 is 0 Å². The molecule has 0 saturated carbocycles. The molecule has 0 fully saturated rings. The van der Waals surface area contributed by atoms with Crippen molar-refractivity contribution in [1.82, 2.24) is 9.97 Å². The molecule has 122 valence electrons. The van der Waals surface area contributed by atoms with Gasteiger partial charge in [0.2, 0.25) is 5.95 Å². The Morgan fingerprint density at radius 3 is 2.67 bits per heavy atom. The third kappa shape index (κ3) is 4.27. The second-order valence-electron chi connectivity index (χ2n) is 5.21. The van der Waals surface area contributed by atoms with Crippen LogP contribution in [0.1, 0.15) is 11.7 Å². The number of aliphatic hydroxyl groups is 1. The van der Waals surface area contributed by atoms with Crippen molar-refractivity contribution in [2.24, 2.45) is 0 Å². The molecule has 3 rings (SSSR count). The summed E-state index contributed by atoms with van der Waals surface area (Å²) in [5.41, 5.74) is 1.40. The van der Waals surface area contributed by atoms with Gasteiger partial charge in [-0.3, -0.25) is 0 Å². The Bertz CT molecular complexity index is 798. The van der Waals surface area contributed by atoms with Crippen molar-refractivity contribution in [1.29, 1.82) is 0 Å². The monoisotopic (exact) mass is 324 g/mol. The summed E-state index contributed by atoms with van der Waals surface area (Å²) in [6.07, 6.45) is 0.788. The van der Waals surface area contributed by atoms with E-state index in [9.17, 15) is 9.50 Å². The van der Waals surface area contributed by atoms with Crippen LogP contribution in [0, 0.1) is 5.82 Å². The molecule has 1 aromatic heterocycles. The third-order valence-corrected chi connectivity index (χ3v) is 3.40. The first-order valence-electron chi connectivity index (χ1n) is 7.53. The van der Waals surface area contributed by atoms with Gasteiger partial charge in [-0.15, -0.1) is 0 Å². The fraction of sp³-hybridized carbons (Fsp3) is 0.111. The summed E-state index contributed by atoms with van der Waals surface area (Å²) < 4.78 is 13.2. The number of nitrogens with zero attached hydrogens (tertiary/aromatic N) is 2. The normalized spacial score (nSPS) is 11.8. The molecular formula is C18H17FN4O. The quantitative estimate of drug-likeness (QED) is 0.647. The summed E-state index contributed by atoms with van der Waals surface area (Å²) >= 11 is 0. The average molecular weight is 324 g/mol. The summed E-state index contributed by atoms with van der Waals surface area (Å²) in [4.78, 5) is 8.49. The maximum absolute atomic E-state index is 13.2. The fourth-order valence-corrected chi connectivity index (χ4v) is 2.20. The largest absolute Gasteiger partial charge is 0.387 e. The summed E-state index contributed by atoms with van der Waals surface area (Å²) in [7, 11) is 0. The highest BCUT2D eigenvalue weighted by molar-refractivity contribution is 5.54. The van der Waals surface area contributed by atoms with Gasteiger partial charge in [0.25, 0.3) is 0 Å². The molecular weight excluding hydrogens is 307 g/mol. The van der Waals surface area contributed by atoms with Crippen molar-refractivity contribution in [3.63, 3.8) is 0 Å². The zero-order chi connectivity index (χ0) is 16.8. The van der Waals surface area contributed by atoms with Crippen molar-refractivity contribution in [3.05, 3.63) is 78.2 Å². The number of para-hydroxylation sites is 1. The molecule has 5 nitrogen and oxygen atoms in total.